The highest BCUT2D eigenvalue weighted by Gasteiger charge is 2.13. The van der Waals surface area contributed by atoms with Crippen LogP contribution in [0.15, 0.2) is 71.6 Å². The summed E-state index contributed by atoms with van der Waals surface area (Å²) in [6.07, 6.45) is 0. The van der Waals surface area contributed by atoms with Gasteiger partial charge in [-0.1, -0.05) is 36.4 Å². The summed E-state index contributed by atoms with van der Waals surface area (Å²) in [6, 6.07) is 19.8. The van der Waals surface area contributed by atoms with Gasteiger partial charge in [0.15, 0.2) is 0 Å². The van der Waals surface area contributed by atoms with Crippen molar-refractivity contribution in [2.75, 3.05) is 5.32 Å². The lowest BCUT2D eigenvalue weighted by atomic mass is 10.1. The number of hydrogen-bond acceptors (Lipinski definition) is 3. The van der Waals surface area contributed by atoms with Crippen molar-refractivity contribution < 1.29 is 13.2 Å². The second-order valence-electron chi connectivity index (χ2n) is 5.71. The molecule has 0 aliphatic rings. The molecule has 0 saturated carbocycles. The first-order valence-electron chi connectivity index (χ1n) is 7.79. The molecule has 0 saturated heterocycles. The van der Waals surface area contributed by atoms with Crippen molar-refractivity contribution in [2.45, 2.75) is 18.4 Å². The molecule has 25 heavy (non-hydrogen) atoms. The van der Waals surface area contributed by atoms with Crippen molar-refractivity contribution in [3.8, 4) is 0 Å². The van der Waals surface area contributed by atoms with Crippen molar-refractivity contribution >= 4 is 32.4 Å². The summed E-state index contributed by atoms with van der Waals surface area (Å²) in [4.78, 5) is 11.2. The molecular formula is C19H18N2O3S. The number of fused-ring (bicyclic) bond motifs is 1. The number of rotatable bonds is 5. The van der Waals surface area contributed by atoms with E-state index in [-0.39, 0.29) is 17.3 Å². The third kappa shape index (κ3) is 4.23. The molecule has 1 amide bonds. The van der Waals surface area contributed by atoms with E-state index in [0.29, 0.717) is 5.69 Å². The van der Waals surface area contributed by atoms with Gasteiger partial charge in [0.2, 0.25) is 15.9 Å². The molecule has 0 spiro atoms. The lowest BCUT2D eigenvalue weighted by Crippen LogP contribution is -2.23. The Morgan fingerprint density at radius 1 is 0.920 bits per heavy atom. The van der Waals surface area contributed by atoms with Gasteiger partial charge in [-0.25, -0.2) is 13.1 Å². The van der Waals surface area contributed by atoms with Crippen LogP contribution >= 0.6 is 0 Å². The summed E-state index contributed by atoms with van der Waals surface area (Å²) in [7, 11) is -3.62. The number of amides is 1. The largest absolute Gasteiger partial charge is 0.326 e. The van der Waals surface area contributed by atoms with Crippen molar-refractivity contribution in [3.63, 3.8) is 0 Å². The Hall–Kier alpha value is -2.70. The molecule has 3 aromatic carbocycles. The summed E-state index contributed by atoms with van der Waals surface area (Å²) >= 11 is 0. The fourth-order valence-electron chi connectivity index (χ4n) is 2.53. The first kappa shape index (κ1) is 17.1. The van der Waals surface area contributed by atoms with Crippen LogP contribution in [0.25, 0.3) is 10.8 Å². The van der Waals surface area contributed by atoms with E-state index in [9.17, 15) is 13.2 Å². The van der Waals surface area contributed by atoms with Gasteiger partial charge in [0, 0.05) is 19.2 Å². The maximum Gasteiger partial charge on any atom is 0.240 e. The number of anilines is 1. The number of carbonyl (C=O) groups is 1. The molecule has 128 valence electrons. The minimum absolute atomic E-state index is 0.155. The molecule has 5 nitrogen and oxygen atoms in total. The van der Waals surface area contributed by atoms with Gasteiger partial charge < -0.3 is 5.32 Å². The van der Waals surface area contributed by atoms with Crippen LogP contribution < -0.4 is 10.0 Å². The Labute approximate surface area is 146 Å². The van der Waals surface area contributed by atoms with Crippen molar-refractivity contribution in [3.05, 3.63) is 72.3 Å². The molecule has 0 aliphatic carbocycles. The van der Waals surface area contributed by atoms with Gasteiger partial charge in [-0.15, -0.1) is 0 Å². The third-order valence-corrected chi connectivity index (χ3v) is 5.18. The number of carbonyl (C=O) groups excluding carboxylic acids is 1. The summed E-state index contributed by atoms with van der Waals surface area (Å²) in [5.74, 6) is -0.204. The van der Waals surface area contributed by atoms with Crippen molar-refractivity contribution in [2.24, 2.45) is 0 Å². The zero-order valence-corrected chi connectivity index (χ0v) is 14.5. The van der Waals surface area contributed by atoms with E-state index in [4.69, 9.17) is 0 Å². The molecule has 0 heterocycles. The van der Waals surface area contributed by atoms with E-state index < -0.39 is 10.0 Å². The van der Waals surface area contributed by atoms with Crippen LogP contribution in [0.3, 0.4) is 0 Å². The molecular weight excluding hydrogens is 336 g/mol. The SMILES string of the molecule is CC(=O)Nc1ccc(S(=O)(=O)NCc2ccc3ccccc3c2)cc1. The van der Waals surface area contributed by atoms with E-state index in [1.54, 1.807) is 12.1 Å². The van der Waals surface area contributed by atoms with Crippen LogP contribution in [0.4, 0.5) is 5.69 Å². The van der Waals surface area contributed by atoms with E-state index in [1.165, 1.54) is 19.1 Å². The predicted molar refractivity (Wildman–Crippen MR) is 98.7 cm³/mol. The normalized spacial score (nSPS) is 11.4. The van der Waals surface area contributed by atoms with Gasteiger partial charge in [0.1, 0.15) is 0 Å². The standard InChI is InChI=1S/C19H18N2O3S/c1-14(22)21-18-8-10-19(11-9-18)25(23,24)20-13-15-6-7-16-4-2-3-5-17(16)12-15/h2-12,20H,13H2,1H3,(H,21,22). The maximum absolute atomic E-state index is 12.4. The molecule has 2 N–H and O–H groups in total. The van der Waals surface area contributed by atoms with E-state index in [1.807, 2.05) is 42.5 Å². The molecule has 0 radical (unpaired) electrons. The minimum Gasteiger partial charge on any atom is -0.326 e. The quantitative estimate of drug-likeness (QED) is 0.738. The van der Waals surface area contributed by atoms with Gasteiger partial charge in [0.05, 0.1) is 4.90 Å². The van der Waals surface area contributed by atoms with Gasteiger partial charge in [-0.05, 0) is 46.7 Å². The number of sulfonamides is 1. The van der Waals surface area contributed by atoms with Crippen LogP contribution in [0.2, 0.25) is 0 Å². The fourth-order valence-corrected chi connectivity index (χ4v) is 3.55. The Morgan fingerprint density at radius 2 is 1.60 bits per heavy atom. The van der Waals surface area contributed by atoms with Crippen molar-refractivity contribution in [1.82, 2.24) is 4.72 Å². The lowest BCUT2D eigenvalue weighted by Gasteiger charge is -2.09. The highest BCUT2D eigenvalue weighted by atomic mass is 32.2. The first-order chi connectivity index (χ1) is 11.9. The average molecular weight is 354 g/mol. The third-order valence-electron chi connectivity index (χ3n) is 3.77. The first-order valence-corrected chi connectivity index (χ1v) is 9.27. The lowest BCUT2D eigenvalue weighted by molar-refractivity contribution is -0.114. The number of hydrogen-bond donors (Lipinski definition) is 2. The zero-order chi connectivity index (χ0) is 17.9. The number of nitrogens with one attached hydrogen (secondary N) is 2. The summed E-state index contributed by atoms with van der Waals surface area (Å²) < 4.78 is 27.4. The van der Waals surface area contributed by atoms with Crippen LogP contribution in [-0.2, 0) is 21.4 Å². The van der Waals surface area contributed by atoms with Crippen LogP contribution in [0.1, 0.15) is 12.5 Å². The van der Waals surface area contributed by atoms with Gasteiger partial charge in [-0.3, -0.25) is 4.79 Å². The highest BCUT2D eigenvalue weighted by Crippen LogP contribution is 2.17. The molecule has 6 heteroatoms. The smallest absolute Gasteiger partial charge is 0.240 e. The second kappa shape index (κ2) is 7.04. The van der Waals surface area contributed by atoms with E-state index >= 15 is 0 Å². The molecule has 0 unspecified atom stereocenters. The Balaban J connectivity index is 1.73. The van der Waals surface area contributed by atoms with Crippen molar-refractivity contribution in [1.29, 1.82) is 0 Å². The second-order valence-corrected chi connectivity index (χ2v) is 7.48. The zero-order valence-electron chi connectivity index (χ0n) is 13.7. The van der Waals surface area contributed by atoms with E-state index in [2.05, 4.69) is 10.0 Å². The molecule has 0 atom stereocenters. The van der Waals surface area contributed by atoms with Gasteiger partial charge in [0.25, 0.3) is 0 Å². The molecule has 0 aliphatic heterocycles. The highest BCUT2D eigenvalue weighted by molar-refractivity contribution is 7.89. The van der Waals surface area contributed by atoms with E-state index in [0.717, 1.165) is 16.3 Å². The number of benzene rings is 3. The van der Waals surface area contributed by atoms with Gasteiger partial charge >= 0.3 is 0 Å². The fraction of sp³-hybridized carbons (Fsp3) is 0.105. The molecule has 3 rings (SSSR count). The van der Waals surface area contributed by atoms with Gasteiger partial charge in [-0.2, -0.15) is 0 Å². The minimum atomic E-state index is -3.62. The molecule has 0 fully saturated rings. The Bertz CT molecular complexity index is 1010. The van der Waals surface area contributed by atoms with Crippen LogP contribution in [0.5, 0.6) is 0 Å². The Kier molecular flexibility index (Phi) is 4.83. The Morgan fingerprint density at radius 3 is 2.28 bits per heavy atom. The molecule has 3 aromatic rings. The molecule has 0 bridgehead atoms. The summed E-state index contributed by atoms with van der Waals surface area (Å²) in [5.41, 5.74) is 1.44. The topological polar surface area (TPSA) is 75.3 Å². The monoisotopic (exact) mass is 354 g/mol. The van der Waals surface area contributed by atoms with Crippen LogP contribution in [0, 0.1) is 0 Å². The summed E-state index contributed by atoms with van der Waals surface area (Å²) in [6.45, 7) is 1.61. The molecule has 0 aromatic heterocycles. The average Bonchev–Trinajstić information content (AvgIpc) is 2.60. The summed E-state index contributed by atoms with van der Waals surface area (Å²) in [5, 5.41) is 4.79. The maximum atomic E-state index is 12.4. The van der Waals surface area contributed by atoms with Crippen LogP contribution in [-0.4, -0.2) is 14.3 Å². The predicted octanol–water partition coefficient (Wildman–Crippen LogP) is 3.28.